The number of pyridine rings is 1. The highest BCUT2D eigenvalue weighted by atomic mass is 16.5. The van der Waals surface area contributed by atoms with Gasteiger partial charge in [-0.2, -0.15) is 0 Å². The maximum atomic E-state index is 10.3. The molecule has 25 heavy (non-hydrogen) atoms. The summed E-state index contributed by atoms with van der Waals surface area (Å²) in [7, 11) is 0. The van der Waals surface area contributed by atoms with Crippen LogP contribution >= 0.6 is 0 Å². The fraction of sp³-hybridized carbons (Fsp3) is 0.476. The summed E-state index contributed by atoms with van der Waals surface area (Å²) in [5.74, 6) is 0.884. The van der Waals surface area contributed by atoms with Gasteiger partial charge in [-0.25, -0.2) is 0 Å². The van der Waals surface area contributed by atoms with Gasteiger partial charge >= 0.3 is 0 Å². The molecule has 1 fully saturated rings. The van der Waals surface area contributed by atoms with Crippen molar-refractivity contribution in [2.45, 2.75) is 51.9 Å². The molecule has 134 valence electrons. The molecule has 0 saturated heterocycles. The predicted octanol–water partition coefficient (Wildman–Crippen LogP) is 3.69. The number of rotatable bonds is 7. The first-order valence-electron chi connectivity index (χ1n) is 9.17. The Kier molecular flexibility index (Phi) is 6.05. The third kappa shape index (κ3) is 4.80. The Hall–Kier alpha value is -1.91. The average molecular weight is 340 g/mol. The molecule has 0 radical (unpaired) electrons. The van der Waals surface area contributed by atoms with Gasteiger partial charge in [0.25, 0.3) is 0 Å². The average Bonchev–Trinajstić information content (AvgIpc) is 2.64. The van der Waals surface area contributed by atoms with Crippen LogP contribution in [0.15, 0.2) is 48.7 Å². The van der Waals surface area contributed by atoms with Crippen LogP contribution in [0.25, 0.3) is 0 Å². The molecular weight excluding hydrogens is 312 g/mol. The van der Waals surface area contributed by atoms with Crippen LogP contribution in [0.1, 0.15) is 43.9 Å². The standard InChI is InChI=1S/C21H28N2O2/c1-21(12-6-4-11-20(21)24)16-22-14-17-8-2-3-10-19(17)25-15-18-9-5-7-13-23-18/h2-3,5,7-10,13,20,22,24H,4,6,11-12,14-16H2,1H3. The summed E-state index contributed by atoms with van der Waals surface area (Å²) in [5, 5.41) is 13.8. The van der Waals surface area contributed by atoms with Gasteiger partial charge in [-0.1, -0.05) is 44.0 Å². The van der Waals surface area contributed by atoms with Crippen LogP contribution < -0.4 is 10.1 Å². The van der Waals surface area contributed by atoms with Crippen LogP contribution in [-0.4, -0.2) is 22.7 Å². The van der Waals surface area contributed by atoms with Gasteiger partial charge in [0.2, 0.25) is 0 Å². The highest BCUT2D eigenvalue weighted by molar-refractivity contribution is 5.33. The van der Waals surface area contributed by atoms with E-state index in [1.807, 2.05) is 36.4 Å². The first-order chi connectivity index (χ1) is 12.2. The molecule has 3 rings (SSSR count). The maximum Gasteiger partial charge on any atom is 0.130 e. The van der Waals surface area contributed by atoms with Crippen LogP contribution in [0.2, 0.25) is 0 Å². The van der Waals surface area contributed by atoms with E-state index in [9.17, 15) is 5.11 Å². The van der Waals surface area contributed by atoms with E-state index in [1.54, 1.807) is 6.20 Å². The summed E-state index contributed by atoms with van der Waals surface area (Å²) >= 11 is 0. The Labute approximate surface area is 150 Å². The molecule has 0 spiro atoms. The monoisotopic (exact) mass is 340 g/mol. The number of benzene rings is 1. The molecule has 1 aliphatic carbocycles. The van der Waals surface area contributed by atoms with E-state index < -0.39 is 0 Å². The Bertz CT molecular complexity index is 662. The first kappa shape index (κ1) is 17.9. The molecule has 2 unspecified atom stereocenters. The highest BCUT2D eigenvalue weighted by Gasteiger charge is 2.34. The zero-order valence-electron chi connectivity index (χ0n) is 14.9. The number of hydrogen-bond donors (Lipinski definition) is 2. The third-order valence-electron chi connectivity index (χ3n) is 5.20. The van der Waals surface area contributed by atoms with Crippen molar-refractivity contribution in [3.63, 3.8) is 0 Å². The van der Waals surface area contributed by atoms with Gasteiger partial charge in [0, 0.05) is 30.3 Å². The number of nitrogens with zero attached hydrogens (tertiary/aromatic N) is 1. The second kappa shape index (κ2) is 8.45. The van der Waals surface area contributed by atoms with Crippen molar-refractivity contribution in [1.82, 2.24) is 10.3 Å². The van der Waals surface area contributed by atoms with Gasteiger partial charge in [-0.05, 0) is 31.0 Å². The SMILES string of the molecule is CC1(CNCc2ccccc2OCc2ccccn2)CCCCC1O. The number of aliphatic hydroxyl groups is 1. The van der Waals surface area contributed by atoms with Crippen LogP contribution in [0.4, 0.5) is 0 Å². The van der Waals surface area contributed by atoms with Crippen molar-refractivity contribution in [3.8, 4) is 5.75 Å². The maximum absolute atomic E-state index is 10.3. The molecule has 0 aliphatic heterocycles. The summed E-state index contributed by atoms with van der Waals surface area (Å²) < 4.78 is 5.96. The Morgan fingerprint density at radius 3 is 2.84 bits per heavy atom. The fourth-order valence-electron chi connectivity index (χ4n) is 3.50. The topological polar surface area (TPSA) is 54.4 Å². The number of aromatic nitrogens is 1. The van der Waals surface area contributed by atoms with Crippen molar-refractivity contribution in [2.75, 3.05) is 6.54 Å². The molecular formula is C21H28N2O2. The number of ether oxygens (including phenoxy) is 1. The van der Waals surface area contributed by atoms with Gasteiger partial charge in [-0.15, -0.1) is 0 Å². The smallest absolute Gasteiger partial charge is 0.130 e. The molecule has 1 aromatic heterocycles. The van der Waals surface area contributed by atoms with Crippen LogP contribution in [0.5, 0.6) is 5.75 Å². The quantitative estimate of drug-likeness (QED) is 0.807. The zero-order chi connectivity index (χ0) is 17.5. The largest absolute Gasteiger partial charge is 0.487 e. The molecule has 0 amide bonds. The van der Waals surface area contributed by atoms with Crippen molar-refractivity contribution in [2.24, 2.45) is 5.41 Å². The summed E-state index contributed by atoms with van der Waals surface area (Å²) in [6, 6.07) is 13.9. The fourth-order valence-corrected chi connectivity index (χ4v) is 3.50. The lowest BCUT2D eigenvalue weighted by atomic mass is 9.73. The van der Waals surface area contributed by atoms with Gasteiger partial charge in [0.15, 0.2) is 0 Å². The van der Waals surface area contributed by atoms with Gasteiger partial charge < -0.3 is 15.2 Å². The Morgan fingerprint density at radius 2 is 2.04 bits per heavy atom. The van der Waals surface area contributed by atoms with Crippen molar-refractivity contribution in [1.29, 1.82) is 0 Å². The predicted molar refractivity (Wildman–Crippen MR) is 99.3 cm³/mol. The number of aliphatic hydroxyl groups excluding tert-OH is 1. The number of hydrogen-bond acceptors (Lipinski definition) is 4. The van der Waals surface area contributed by atoms with Crippen LogP contribution in [0, 0.1) is 5.41 Å². The van der Waals surface area contributed by atoms with Crippen LogP contribution in [0.3, 0.4) is 0 Å². The summed E-state index contributed by atoms with van der Waals surface area (Å²) in [5.41, 5.74) is 2.03. The zero-order valence-corrected chi connectivity index (χ0v) is 14.9. The number of para-hydroxylation sites is 1. The Morgan fingerprint density at radius 1 is 1.20 bits per heavy atom. The molecule has 1 aromatic carbocycles. The van der Waals surface area contributed by atoms with E-state index in [0.29, 0.717) is 6.61 Å². The van der Waals surface area contributed by atoms with Crippen molar-refractivity contribution >= 4 is 0 Å². The van der Waals surface area contributed by atoms with E-state index in [2.05, 4.69) is 23.3 Å². The Balaban J connectivity index is 1.55. The van der Waals surface area contributed by atoms with E-state index in [0.717, 1.165) is 49.4 Å². The molecule has 4 heteroatoms. The minimum Gasteiger partial charge on any atom is -0.487 e. The van der Waals surface area contributed by atoms with E-state index in [1.165, 1.54) is 6.42 Å². The minimum absolute atomic E-state index is 0.0258. The van der Waals surface area contributed by atoms with E-state index >= 15 is 0 Å². The summed E-state index contributed by atoms with van der Waals surface area (Å²) in [4.78, 5) is 4.30. The molecule has 1 saturated carbocycles. The van der Waals surface area contributed by atoms with Crippen molar-refractivity contribution in [3.05, 3.63) is 59.9 Å². The van der Waals surface area contributed by atoms with E-state index in [-0.39, 0.29) is 11.5 Å². The minimum atomic E-state index is -0.204. The number of nitrogens with one attached hydrogen (secondary N) is 1. The summed E-state index contributed by atoms with van der Waals surface area (Å²) in [6.07, 6.45) is 5.92. The lowest BCUT2D eigenvalue weighted by Crippen LogP contribution is -2.43. The lowest BCUT2D eigenvalue weighted by molar-refractivity contribution is 0.00112. The molecule has 0 bridgehead atoms. The molecule has 1 aliphatic rings. The highest BCUT2D eigenvalue weighted by Crippen LogP contribution is 2.35. The molecule has 2 atom stereocenters. The summed E-state index contributed by atoms with van der Waals surface area (Å²) in [6.45, 7) is 4.21. The lowest BCUT2D eigenvalue weighted by Gasteiger charge is -2.38. The molecule has 4 nitrogen and oxygen atoms in total. The molecule has 1 heterocycles. The molecule has 2 N–H and O–H groups in total. The normalized spacial score (nSPS) is 23.4. The van der Waals surface area contributed by atoms with E-state index in [4.69, 9.17) is 4.74 Å². The van der Waals surface area contributed by atoms with Gasteiger partial charge in [-0.3, -0.25) is 4.98 Å². The van der Waals surface area contributed by atoms with Crippen LogP contribution in [-0.2, 0) is 13.2 Å². The van der Waals surface area contributed by atoms with Crippen molar-refractivity contribution < 1.29 is 9.84 Å². The van der Waals surface area contributed by atoms with Gasteiger partial charge in [0.05, 0.1) is 11.8 Å². The second-order valence-corrected chi connectivity index (χ2v) is 7.24. The third-order valence-corrected chi connectivity index (χ3v) is 5.20. The molecule has 2 aromatic rings. The second-order valence-electron chi connectivity index (χ2n) is 7.24. The van der Waals surface area contributed by atoms with Gasteiger partial charge in [0.1, 0.15) is 12.4 Å². The first-order valence-corrected chi connectivity index (χ1v) is 9.17.